The van der Waals surface area contributed by atoms with Crippen LogP contribution >= 0.6 is 0 Å². The molecule has 1 aromatic rings. The van der Waals surface area contributed by atoms with Crippen molar-refractivity contribution in [3.05, 3.63) is 29.6 Å². The second-order valence-electron chi connectivity index (χ2n) is 6.28. The largest absolute Gasteiger partial charge is 0.481 e. The van der Waals surface area contributed by atoms with Gasteiger partial charge in [0, 0.05) is 24.3 Å². The van der Waals surface area contributed by atoms with Crippen LogP contribution in [-0.4, -0.2) is 24.2 Å². The van der Waals surface area contributed by atoms with Crippen LogP contribution in [0, 0.1) is 5.82 Å². The predicted octanol–water partition coefficient (Wildman–Crippen LogP) is 3.71. The third-order valence-corrected chi connectivity index (χ3v) is 5.03. The van der Waals surface area contributed by atoms with Crippen molar-refractivity contribution in [3.63, 3.8) is 0 Å². The van der Waals surface area contributed by atoms with Gasteiger partial charge in [0.15, 0.2) is 0 Å². The zero-order chi connectivity index (χ0) is 14.9. The smallest absolute Gasteiger partial charge is 0.314 e. The number of hydrogen-bond donors (Lipinski definition) is 1. The summed E-state index contributed by atoms with van der Waals surface area (Å²) in [4.78, 5) is 14.2. The maximum absolute atomic E-state index is 14.6. The summed E-state index contributed by atoms with van der Waals surface area (Å²) in [7, 11) is 0. The maximum Gasteiger partial charge on any atom is 0.314 e. The molecule has 1 heterocycles. The van der Waals surface area contributed by atoms with Crippen LogP contribution in [0.15, 0.2) is 18.2 Å². The van der Waals surface area contributed by atoms with Crippen LogP contribution in [0.3, 0.4) is 0 Å². The molecular weight excluding hydrogens is 269 g/mol. The Bertz CT molecular complexity index is 532. The molecule has 1 aromatic carbocycles. The summed E-state index contributed by atoms with van der Waals surface area (Å²) in [6, 6.07) is 5.00. The number of rotatable bonds is 3. The fourth-order valence-electron chi connectivity index (χ4n) is 3.93. The van der Waals surface area contributed by atoms with Crippen molar-refractivity contribution >= 4 is 11.7 Å². The van der Waals surface area contributed by atoms with E-state index in [-0.39, 0.29) is 5.82 Å². The summed E-state index contributed by atoms with van der Waals surface area (Å²) >= 11 is 0. The summed E-state index contributed by atoms with van der Waals surface area (Å²) in [5.74, 6) is -1.23. The lowest BCUT2D eigenvalue weighted by atomic mass is 9.68. The highest BCUT2D eigenvalue weighted by Gasteiger charge is 2.45. The maximum atomic E-state index is 14.6. The Morgan fingerprint density at radius 1 is 1.10 bits per heavy atom. The number of aliphatic carboxylic acids is 1. The van der Waals surface area contributed by atoms with E-state index in [1.165, 1.54) is 6.07 Å². The molecule has 4 heteroatoms. The van der Waals surface area contributed by atoms with Crippen LogP contribution < -0.4 is 4.90 Å². The Kier molecular flexibility index (Phi) is 3.87. The molecule has 1 N–H and O–H groups in total. The summed E-state index contributed by atoms with van der Waals surface area (Å²) < 4.78 is 14.6. The predicted molar refractivity (Wildman–Crippen MR) is 80.2 cm³/mol. The zero-order valence-corrected chi connectivity index (χ0v) is 12.3. The van der Waals surface area contributed by atoms with Gasteiger partial charge in [-0.3, -0.25) is 4.79 Å². The van der Waals surface area contributed by atoms with Crippen molar-refractivity contribution in [3.8, 4) is 0 Å². The minimum atomic E-state index is -1.04. The number of benzene rings is 1. The molecule has 21 heavy (non-hydrogen) atoms. The summed E-state index contributed by atoms with van der Waals surface area (Å²) in [6.45, 7) is 1.79. The second-order valence-corrected chi connectivity index (χ2v) is 6.28. The molecule has 114 valence electrons. The van der Waals surface area contributed by atoms with Crippen molar-refractivity contribution in [2.45, 2.75) is 50.4 Å². The van der Waals surface area contributed by atoms with Gasteiger partial charge in [-0.15, -0.1) is 0 Å². The van der Waals surface area contributed by atoms with Crippen LogP contribution in [0.1, 0.15) is 50.5 Å². The van der Waals surface area contributed by atoms with E-state index in [9.17, 15) is 14.3 Å². The number of carboxylic acids is 1. The van der Waals surface area contributed by atoms with Crippen molar-refractivity contribution in [1.29, 1.82) is 0 Å². The second kappa shape index (κ2) is 5.66. The van der Waals surface area contributed by atoms with Gasteiger partial charge in [-0.05, 0) is 37.8 Å². The van der Waals surface area contributed by atoms with E-state index in [1.807, 2.05) is 6.07 Å². The number of hydrogen-bond acceptors (Lipinski definition) is 2. The Labute approximate surface area is 124 Å². The first-order chi connectivity index (χ1) is 10.1. The molecule has 3 rings (SSSR count). The van der Waals surface area contributed by atoms with Crippen molar-refractivity contribution in [1.82, 2.24) is 0 Å². The molecule has 0 bridgehead atoms. The standard InChI is InChI=1S/C17H22FNO2/c18-13-7-6-8-14(19-11-4-5-12-19)15(13)17(16(20)21)9-2-1-3-10-17/h6-8H,1-5,9-12H2,(H,20,21). The third-order valence-electron chi connectivity index (χ3n) is 5.03. The van der Waals surface area contributed by atoms with Gasteiger partial charge in [0.1, 0.15) is 5.82 Å². The topological polar surface area (TPSA) is 40.5 Å². The van der Waals surface area contributed by atoms with Crippen LogP contribution in [0.25, 0.3) is 0 Å². The molecular formula is C17H22FNO2. The van der Waals surface area contributed by atoms with E-state index in [4.69, 9.17) is 0 Å². The number of halogens is 1. The van der Waals surface area contributed by atoms with Gasteiger partial charge in [-0.2, -0.15) is 0 Å². The molecule has 0 atom stereocenters. The average molecular weight is 291 g/mol. The van der Waals surface area contributed by atoms with E-state index in [0.29, 0.717) is 18.4 Å². The van der Waals surface area contributed by atoms with E-state index in [1.54, 1.807) is 6.07 Å². The lowest BCUT2D eigenvalue weighted by molar-refractivity contribution is -0.145. The van der Waals surface area contributed by atoms with E-state index in [0.717, 1.165) is 50.9 Å². The van der Waals surface area contributed by atoms with Gasteiger partial charge < -0.3 is 10.0 Å². The zero-order valence-electron chi connectivity index (χ0n) is 12.3. The molecule has 3 nitrogen and oxygen atoms in total. The molecule has 2 fully saturated rings. The number of carbonyl (C=O) groups is 1. The average Bonchev–Trinajstić information content (AvgIpc) is 3.01. The number of nitrogens with zero attached hydrogens (tertiary/aromatic N) is 1. The third kappa shape index (κ3) is 2.41. The minimum Gasteiger partial charge on any atom is -0.481 e. The Hall–Kier alpha value is -1.58. The lowest BCUT2D eigenvalue weighted by Gasteiger charge is -2.37. The van der Waals surface area contributed by atoms with E-state index in [2.05, 4.69) is 4.90 Å². The minimum absolute atomic E-state index is 0.358. The van der Waals surface area contributed by atoms with Crippen molar-refractivity contribution < 1.29 is 14.3 Å². The first kappa shape index (κ1) is 14.4. The van der Waals surface area contributed by atoms with E-state index < -0.39 is 11.4 Å². The first-order valence-electron chi connectivity index (χ1n) is 7.92. The van der Waals surface area contributed by atoms with Crippen LogP contribution in [0.4, 0.5) is 10.1 Å². The monoisotopic (exact) mass is 291 g/mol. The van der Waals surface area contributed by atoms with E-state index >= 15 is 0 Å². The molecule has 1 saturated heterocycles. The summed E-state index contributed by atoms with van der Waals surface area (Å²) in [5.41, 5.74) is 0.192. The van der Waals surface area contributed by atoms with Crippen LogP contribution in [0.2, 0.25) is 0 Å². The van der Waals surface area contributed by atoms with Crippen LogP contribution in [-0.2, 0) is 10.2 Å². The van der Waals surface area contributed by atoms with Gasteiger partial charge in [-0.25, -0.2) is 4.39 Å². The quantitative estimate of drug-likeness (QED) is 0.923. The molecule has 0 spiro atoms. The molecule has 1 saturated carbocycles. The Balaban J connectivity index is 2.12. The normalized spacial score (nSPS) is 21.5. The highest BCUT2D eigenvalue weighted by molar-refractivity contribution is 5.84. The van der Waals surface area contributed by atoms with Gasteiger partial charge in [-0.1, -0.05) is 25.3 Å². The van der Waals surface area contributed by atoms with Gasteiger partial charge in [0.05, 0.1) is 5.41 Å². The fraction of sp³-hybridized carbons (Fsp3) is 0.588. The Morgan fingerprint density at radius 2 is 1.76 bits per heavy atom. The van der Waals surface area contributed by atoms with Gasteiger partial charge in [0.2, 0.25) is 0 Å². The lowest BCUT2D eigenvalue weighted by Crippen LogP contribution is -2.40. The van der Waals surface area contributed by atoms with Crippen LogP contribution in [0.5, 0.6) is 0 Å². The van der Waals surface area contributed by atoms with Gasteiger partial charge in [0.25, 0.3) is 0 Å². The molecule has 0 amide bonds. The highest BCUT2D eigenvalue weighted by atomic mass is 19.1. The van der Waals surface area contributed by atoms with Gasteiger partial charge >= 0.3 is 5.97 Å². The molecule has 0 aromatic heterocycles. The van der Waals surface area contributed by atoms with Crippen molar-refractivity contribution in [2.75, 3.05) is 18.0 Å². The highest BCUT2D eigenvalue weighted by Crippen LogP contribution is 2.45. The summed E-state index contributed by atoms with van der Waals surface area (Å²) in [5, 5.41) is 9.85. The Morgan fingerprint density at radius 3 is 2.38 bits per heavy atom. The molecule has 1 aliphatic carbocycles. The first-order valence-corrected chi connectivity index (χ1v) is 7.92. The molecule has 0 unspecified atom stereocenters. The molecule has 2 aliphatic rings. The number of anilines is 1. The number of carboxylic acid groups (broad SMARTS) is 1. The fourth-order valence-corrected chi connectivity index (χ4v) is 3.93. The SMILES string of the molecule is O=C(O)C1(c2c(F)cccc2N2CCCC2)CCCCC1. The molecule has 0 radical (unpaired) electrons. The summed E-state index contributed by atoms with van der Waals surface area (Å²) in [6.07, 6.45) is 6.04. The molecule has 1 aliphatic heterocycles. The van der Waals surface area contributed by atoms with Crippen molar-refractivity contribution in [2.24, 2.45) is 0 Å².